The van der Waals surface area contributed by atoms with E-state index in [-0.39, 0.29) is 24.0 Å². The fourth-order valence-electron chi connectivity index (χ4n) is 2.23. The van der Waals surface area contributed by atoms with Gasteiger partial charge < -0.3 is 15.4 Å². The number of nitrogens with zero attached hydrogens (tertiary/aromatic N) is 1. The Kier molecular flexibility index (Phi) is 7.28. The predicted molar refractivity (Wildman–Crippen MR) is 98.7 cm³/mol. The van der Waals surface area contributed by atoms with Crippen molar-refractivity contribution in [2.75, 3.05) is 13.7 Å². The Morgan fingerprint density at radius 2 is 2.14 bits per heavy atom. The van der Waals surface area contributed by atoms with Crippen LogP contribution in [-0.2, 0) is 6.54 Å². The molecule has 0 saturated heterocycles. The van der Waals surface area contributed by atoms with E-state index in [0.717, 1.165) is 29.7 Å². The first-order valence-electron chi connectivity index (χ1n) is 7.32. The van der Waals surface area contributed by atoms with Gasteiger partial charge in [0.25, 0.3) is 0 Å². The van der Waals surface area contributed by atoms with Gasteiger partial charge in [0.15, 0.2) is 5.96 Å². The van der Waals surface area contributed by atoms with Gasteiger partial charge in [-0.2, -0.15) is 0 Å². The molecule has 2 rings (SSSR count). The van der Waals surface area contributed by atoms with E-state index in [1.807, 2.05) is 6.07 Å². The number of rotatable bonds is 5. The fraction of sp³-hybridized carbons (Fsp3) is 0.562. The van der Waals surface area contributed by atoms with Crippen LogP contribution in [0.3, 0.4) is 0 Å². The van der Waals surface area contributed by atoms with Gasteiger partial charge in [0.1, 0.15) is 5.75 Å². The third-order valence-electron chi connectivity index (χ3n) is 3.65. The molecule has 0 heterocycles. The fourth-order valence-corrected chi connectivity index (χ4v) is 2.23. The number of aliphatic imine (C=N–C) groups is 1. The summed E-state index contributed by atoms with van der Waals surface area (Å²) in [6, 6.07) is 6.79. The van der Waals surface area contributed by atoms with Crippen molar-refractivity contribution in [2.45, 2.75) is 39.8 Å². The third-order valence-corrected chi connectivity index (χ3v) is 3.65. The van der Waals surface area contributed by atoms with Crippen LogP contribution in [0.25, 0.3) is 0 Å². The highest BCUT2D eigenvalue weighted by atomic mass is 127. The lowest BCUT2D eigenvalue weighted by atomic mass is 10.1. The van der Waals surface area contributed by atoms with Crippen molar-refractivity contribution in [2.24, 2.45) is 10.9 Å². The first kappa shape index (κ1) is 18.1. The van der Waals surface area contributed by atoms with Crippen LogP contribution in [0.2, 0.25) is 0 Å². The zero-order valence-electron chi connectivity index (χ0n) is 13.3. The third kappa shape index (κ3) is 5.37. The van der Waals surface area contributed by atoms with E-state index in [2.05, 4.69) is 48.5 Å². The number of ether oxygens (including phenoxy) is 1. The van der Waals surface area contributed by atoms with Crippen LogP contribution in [0.15, 0.2) is 23.2 Å². The molecule has 1 saturated carbocycles. The molecule has 0 spiro atoms. The van der Waals surface area contributed by atoms with Gasteiger partial charge in [-0.3, -0.25) is 0 Å². The maximum Gasteiger partial charge on any atom is 0.191 e. The van der Waals surface area contributed by atoms with E-state index in [9.17, 15) is 0 Å². The molecule has 2 N–H and O–H groups in total. The molecule has 4 nitrogen and oxygen atoms in total. The monoisotopic (exact) mass is 403 g/mol. The molecule has 0 bridgehead atoms. The lowest BCUT2D eigenvalue weighted by Gasteiger charge is -2.11. The second-order valence-electron chi connectivity index (χ2n) is 5.46. The van der Waals surface area contributed by atoms with E-state index in [1.165, 1.54) is 12.0 Å². The van der Waals surface area contributed by atoms with Crippen LogP contribution < -0.4 is 15.4 Å². The van der Waals surface area contributed by atoms with Crippen LogP contribution >= 0.6 is 24.0 Å². The van der Waals surface area contributed by atoms with E-state index >= 15 is 0 Å². The summed E-state index contributed by atoms with van der Waals surface area (Å²) in [5, 5.41) is 6.76. The van der Waals surface area contributed by atoms with Crippen molar-refractivity contribution in [3.63, 3.8) is 0 Å². The van der Waals surface area contributed by atoms with Crippen molar-refractivity contribution >= 4 is 29.9 Å². The number of benzene rings is 1. The predicted octanol–water partition coefficient (Wildman–Crippen LogP) is 3.09. The van der Waals surface area contributed by atoms with Crippen LogP contribution in [-0.4, -0.2) is 25.7 Å². The molecular weight excluding hydrogens is 377 g/mol. The summed E-state index contributed by atoms with van der Waals surface area (Å²) in [4.78, 5) is 4.65. The van der Waals surface area contributed by atoms with Crippen molar-refractivity contribution in [3.05, 3.63) is 29.3 Å². The van der Waals surface area contributed by atoms with Crippen LogP contribution in [0.1, 0.15) is 31.4 Å². The van der Waals surface area contributed by atoms with Crippen molar-refractivity contribution < 1.29 is 4.74 Å². The lowest BCUT2D eigenvalue weighted by Crippen LogP contribution is -2.39. The van der Waals surface area contributed by atoms with Crippen molar-refractivity contribution in [1.29, 1.82) is 0 Å². The molecule has 1 fully saturated rings. The highest BCUT2D eigenvalue weighted by Crippen LogP contribution is 2.28. The quantitative estimate of drug-likeness (QED) is 0.451. The molecule has 1 aromatic rings. The number of nitrogens with one attached hydrogen (secondary N) is 2. The zero-order chi connectivity index (χ0) is 14.5. The summed E-state index contributed by atoms with van der Waals surface area (Å²) in [5.41, 5.74) is 2.35. The molecule has 0 radical (unpaired) electrons. The van der Waals surface area contributed by atoms with Crippen LogP contribution in [0.4, 0.5) is 0 Å². The number of hydrogen-bond acceptors (Lipinski definition) is 2. The minimum Gasteiger partial charge on any atom is -0.496 e. The van der Waals surface area contributed by atoms with E-state index < -0.39 is 0 Å². The lowest BCUT2D eigenvalue weighted by molar-refractivity contribution is 0.411. The number of guanidine groups is 1. The van der Waals surface area contributed by atoms with Gasteiger partial charge in [-0.05, 0) is 43.4 Å². The van der Waals surface area contributed by atoms with Gasteiger partial charge in [-0.1, -0.05) is 19.1 Å². The van der Waals surface area contributed by atoms with Crippen LogP contribution in [0.5, 0.6) is 5.75 Å². The Bertz CT molecular complexity index is 490. The van der Waals surface area contributed by atoms with Gasteiger partial charge in [-0.25, -0.2) is 4.99 Å². The van der Waals surface area contributed by atoms with Gasteiger partial charge in [0.2, 0.25) is 0 Å². The average Bonchev–Trinajstić information content (AvgIpc) is 3.12. The number of methoxy groups -OCH3 is 1. The zero-order valence-corrected chi connectivity index (χ0v) is 15.6. The summed E-state index contributed by atoms with van der Waals surface area (Å²) in [7, 11) is 1.70. The first-order chi connectivity index (χ1) is 9.63. The molecule has 0 aromatic heterocycles. The molecule has 1 aliphatic rings. The number of aryl methyl sites for hydroxylation is 1. The number of halogens is 1. The second kappa shape index (κ2) is 8.46. The minimum absolute atomic E-state index is 0. The van der Waals surface area contributed by atoms with Gasteiger partial charge >= 0.3 is 0 Å². The summed E-state index contributed by atoms with van der Waals surface area (Å²) < 4.78 is 5.28. The van der Waals surface area contributed by atoms with E-state index in [0.29, 0.717) is 12.6 Å². The molecule has 2 atom stereocenters. The topological polar surface area (TPSA) is 45.7 Å². The van der Waals surface area contributed by atoms with Crippen molar-refractivity contribution in [1.82, 2.24) is 10.6 Å². The van der Waals surface area contributed by atoms with Gasteiger partial charge in [0.05, 0.1) is 13.7 Å². The summed E-state index contributed by atoms with van der Waals surface area (Å²) in [5.74, 6) is 2.60. The smallest absolute Gasteiger partial charge is 0.191 e. The minimum atomic E-state index is 0. The average molecular weight is 403 g/mol. The SMILES string of the molecule is CCNC(=NCc1ccc(OC)c(C)c1)NC1CC1C.I. The molecule has 21 heavy (non-hydrogen) atoms. The summed E-state index contributed by atoms with van der Waals surface area (Å²) >= 11 is 0. The molecule has 5 heteroatoms. The highest BCUT2D eigenvalue weighted by Gasteiger charge is 2.33. The molecule has 0 amide bonds. The largest absolute Gasteiger partial charge is 0.496 e. The Hall–Kier alpha value is -0.980. The van der Waals surface area contributed by atoms with E-state index in [4.69, 9.17) is 4.74 Å². The van der Waals surface area contributed by atoms with Crippen molar-refractivity contribution in [3.8, 4) is 5.75 Å². The molecule has 1 aromatic carbocycles. The highest BCUT2D eigenvalue weighted by molar-refractivity contribution is 14.0. The Morgan fingerprint density at radius 3 is 2.67 bits per heavy atom. The maximum atomic E-state index is 5.28. The first-order valence-corrected chi connectivity index (χ1v) is 7.32. The molecule has 1 aliphatic carbocycles. The molecular formula is C16H26IN3O. The summed E-state index contributed by atoms with van der Waals surface area (Å²) in [6.45, 7) is 7.97. The van der Waals surface area contributed by atoms with Gasteiger partial charge in [0, 0.05) is 12.6 Å². The Labute approximate surface area is 144 Å². The standard InChI is InChI=1S/C16H25N3O.HI/c1-5-17-16(19-14-9-11(14)2)18-10-13-6-7-15(20-4)12(3)8-13;/h6-8,11,14H,5,9-10H2,1-4H3,(H2,17,18,19);1H. The number of hydrogen-bond donors (Lipinski definition) is 2. The molecule has 118 valence electrons. The summed E-state index contributed by atoms with van der Waals surface area (Å²) in [6.07, 6.45) is 1.24. The Balaban J connectivity index is 0.00000220. The molecule has 0 aliphatic heterocycles. The van der Waals surface area contributed by atoms with E-state index in [1.54, 1.807) is 7.11 Å². The normalized spacial score (nSPS) is 20.5. The second-order valence-corrected chi connectivity index (χ2v) is 5.46. The van der Waals surface area contributed by atoms with Gasteiger partial charge in [-0.15, -0.1) is 24.0 Å². The molecule has 2 unspecified atom stereocenters. The maximum absolute atomic E-state index is 5.28. The Morgan fingerprint density at radius 1 is 1.43 bits per heavy atom. The van der Waals surface area contributed by atoms with Crippen LogP contribution in [0, 0.1) is 12.8 Å².